The van der Waals surface area contributed by atoms with Crippen LogP contribution in [0.5, 0.6) is 5.88 Å². The van der Waals surface area contributed by atoms with E-state index >= 15 is 0 Å². The molecule has 0 atom stereocenters. The summed E-state index contributed by atoms with van der Waals surface area (Å²) in [6.07, 6.45) is 1.34. The van der Waals surface area contributed by atoms with Crippen molar-refractivity contribution in [1.82, 2.24) is 9.97 Å². The third-order valence-corrected chi connectivity index (χ3v) is 3.75. The number of anilines is 1. The number of ether oxygens (including phenoxy) is 1. The highest BCUT2D eigenvalue weighted by Gasteiger charge is 2.16. The molecule has 2 aromatic heterocycles. The molecule has 0 spiro atoms. The minimum Gasteiger partial charge on any atom is -0.467 e. The number of hydrogen-bond donors (Lipinski definition) is 1. The van der Waals surface area contributed by atoms with E-state index in [-0.39, 0.29) is 12.5 Å². The van der Waals surface area contributed by atoms with Gasteiger partial charge in [-0.25, -0.2) is 9.97 Å². The van der Waals surface area contributed by atoms with Crippen LogP contribution in [0.15, 0.2) is 35.0 Å². The van der Waals surface area contributed by atoms with Crippen LogP contribution in [0.25, 0.3) is 11.1 Å². The number of carbonyl (C=O) groups is 1. The summed E-state index contributed by atoms with van der Waals surface area (Å²) in [5.74, 6) is 0.729. The van der Waals surface area contributed by atoms with Crippen LogP contribution in [0.4, 0.5) is 5.69 Å². The zero-order chi connectivity index (χ0) is 16.4. The molecule has 1 N–H and O–H groups in total. The van der Waals surface area contributed by atoms with Crippen molar-refractivity contribution in [3.05, 3.63) is 46.9 Å². The fraction of sp³-hybridized carbons (Fsp3) is 0.188. The Hall–Kier alpha value is -2.60. The van der Waals surface area contributed by atoms with Crippen molar-refractivity contribution in [2.75, 3.05) is 11.9 Å². The Morgan fingerprint density at radius 1 is 1.30 bits per heavy atom. The number of carbonyl (C=O) groups excluding carboxylic acids is 1. The SMILES string of the molecule is Cc1oc2ncnc(OCC(=O)Nc3ccccc3Cl)c2c1C. The third-order valence-electron chi connectivity index (χ3n) is 3.42. The van der Waals surface area contributed by atoms with Gasteiger partial charge < -0.3 is 14.5 Å². The summed E-state index contributed by atoms with van der Waals surface area (Å²) >= 11 is 6.00. The first-order valence-electron chi connectivity index (χ1n) is 6.94. The summed E-state index contributed by atoms with van der Waals surface area (Å²) in [5.41, 5.74) is 1.87. The molecule has 0 saturated heterocycles. The maximum absolute atomic E-state index is 12.0. The number of nitrogens with zero attached hydrogens (tertiary/aromatic N) is 2. The molecule has 0 aliphatic carbocycles. The highest BCUT2D eigenvalue weighted by molar-refractivity contribution is 6.33. The van der Waals surface area contributed by atoms with Crippen molar-refractivity contribution in [3.63, 3.8) is 0 Å². The molecule has 1 amide bonds. The predicted octanol–water partition coefficient (Wildman–Crippen LogP) is 3.51. The van der Waals surface area contributed by atoms with E-state index in [9.17, 15) is 4.79 Å². The fourth-order valence-corrected chi connectivity index (χ4v) is 2.33. The molecule has 0 saturated carbocycles. The van der Waals surface area contributed by atoms with Gasteiger partial charge in [0.05, 0.1) is 10.7 Å². The predicted molar refractivity (Wildman–Crippen MR) is 86.9 cm³/mol. The van der Waals surface area contributed by atoms with Gasteiger partial charge in [-0.15, -0.1) is 0 Å². The lowest BCUT2D eigenvalue weighted by Crippen LogP contribution is -2.20. The number of para-hydroxylation sites is 1. The van der Waals surface area contributed by atoms with Gasteiger partial charge >= 0.3 is 0 Å². The topological polar surface area (TPSA) is 77.2 Å². The van der Waals surface area contributed by atoms with Gasteiger partial charge in [0.1, 0.15) is 17.5 Å². The molecule has 23 heavy (non-hydrogen) atoms. The van der Waals surface area contributed by atoms with Crippen LogP contribution < -0.4 is 10.1 Å². The first-order valence-corrected chi connectivity index (χ1v) is 7.32. The van der Waals surface area contributed by atoms with Crippen LogP contribution in [0.1, 0.15) is 11.3 Å². The summed E-state index contributed by atoms with van der Waals surface area (Å²) in [7, 11) is 0. The number of benzene rings is 1. The van der Waals surface area contributed by atoms with Gasteiger partial charge in [0.25, 0.3) is 5.91 Å². The zero-order valence-corrected chi connectivity index (χ0v) is 13.3. The Kier molecular flexibility index (Phi) is 4.16. The molecule has 2 heterocycles. The number of furan rings is 1. The molecule has 0 aliphatic heterocycles. The Morgan fingerprint density at radius 2 is 2.09 bits per heavy atom. The van der Waals surface area contributed by atoms with Gasteiger partial charge in [0.15, 0.2) is 6.61 Å². The van der Waals surface area contributed by atoms with Crippen molar-refractivity contribution in [2.45, 2.75) is 13.8 Å². The Morgan fingerprint density at radius 3 is 2.87 bits per heavy atom. The van der Waals surface area contributed by atoms with Gasteiger partial charge in [-0.2, -0.15) is 0 Å². The number of aryl methyl sites for hydroxylation is 2. The molecule has 0 fully saturated rings. The van der Waals surface area contributed by atoms with Gasteiger partial charge in [0.2, 0.25) is 11.6 Å². The van der Waals surface area contributed by atoms with E-state index < -0.39 is 0 Å². The smallest absolute Gasteiger partial charge is 0.262 e. The first-order chi connectivity index (χ1) is 11.1. The molecule has 0 unspecified atom stereocenters. The van der Waals surface area contributed by atoms with Crippen molar-refractivity contribution < 1.29 is 13.9 Å². The highest BCUT2D eigenvalue weighted by atomic mass is 35.5. The molecule has 0 radical (unpaired) electrons. The number of amides is 1. The summed E-state index contributed by atoms with van der Waals surface area (Å²) in [6, 6.07) is 6.99. The van der Waals surface area contributed by atoms with Crippen molar-refractivity contribution in [1.29, 1.82) is 0 Å². The van der Waals surface area contributed by atoms with Gasteiger partial charge in [-0.1, -0.05) is 23.7 Å². The third kappa shape index (κ3) is 3.12. The second-order valence-corrected chi connectivity index (χ2v) is 5.37. The number of rotatable bonds is 4. The van der Waals surface area contributed by atoms with E-state index in [1.807, 2.05) is 13.8 Å². The highest BCUT2D eigenvalue weighted by Crippen LogP contribution is 2.29. The number of halogens is 1. The zero-order valence-electron chi connectivity index (χ0n) is 12.6. The lowest BCUT2D eigenvalue weighted by Gasteiger charge is -2.08. The summed E-state index contributed by atoms with van der Waals surface area (Å²) in [4.78, 5) is 20.1. The van der Waals surface area contributed by atoms with Crippen LogP contribution in [0.3, 0.4) is 0 Å². The van der Waals surface area contributed by atoms with E-state index in [4.69, 9.17) is 20.8 Å². The maximum atomic E-state index is 12.0. The summed E-state index contributed by atoms with van der Waals surface area (Å²) in [5, 5.41) is 3.83. The molecule has 3 aromatic rings. The molecule has 6 nitrogen and oxygen atoms in total. The Labute approximate surface area is 137 Å². The van der Waals surface area contributed by atoms with Crippen LogP contribution in [0.2, 0.25) is 5.02 Å². The molecule has 0 bridgehead atoms. The van der Waals surface area contributed by atoms with Crippen LogP contribution in [0, 0.1) is 13.8 Å². The number of aromatic nitrogens is 2. The standard InChI is InChI=1S/C16H14ClN3O3/c1-9-10(2)23-16-14(9)15(18-8-19-16)22-7-13(21)20-12-6-4-3-5-11(12)17/h3-6,8H,7H2,1-2H3,(H,20,21). The van der Waals surface area contributed by atoms with Gasteiger partial charge in [-0.05, 0) is 26.0 Å². The van der Waals surface area contributed by atoms with E-state index in [0.29, 0.717) is 27.7 Å². The summed E-state index contributed by atoms with van der Waals surface area (Å²) < 4.78 is 11.0. The van der Waals surface area contributed by atoms with Gasteiger partial charge in [0, 0.05) is 5.56 Å². The maximum Gasteiger partial charge on any atom is 0.262 e. The Bertz CT molecular complexity index is 876. The van der Waals surface area contributed by atoms with E-state index in [0.717, 1.165) is 11.3 Å². The molecule has 0 aliphatic rings. The molecule has 7 heteroatoms. The number of nitrogens with one attached hydrogen (secondary N) is 1. The molecular formula is C16H14ClN3O3. The average Bonchev–Trinajstić information content (AvgIpc) is 2.83. The van der Waals surface area contributed by atoms with Crippen LogP contribution in [-0.2, 0) is 4.79 Å². The van der Waals surface area contributed by atoms with E-state index in [2.05, 4.69) is 15.3 Å². The monoisotopic (exact) mass is 331 g/mol. The lowest BCUT2D eigenvalue weighted by molar-refractivity contribution is -0.118. The summed E-state index contributed by atoms with van der Waals surface area (Å²) in [6.45, 7) is 3.53. The van der Waals surface area contributed by atoms with Crippen LogP contribution >= 0.6 is 11.6 Å². The molecule has 3 rings (SSSR count). The van der Waals surface area contributed by atoms with Crippen molar-refractivity contribution in [3.8, 4) is 5.88 Å². The number of fused-ring (bicyclic) bond motifs is 1. The van der Waals surface area contributed by atoms with Crippen molar-refractivity contribution >= 4 is 34.3 Å². The van der Waals surface area contributed by atoms with Gasteiger partial charge in [-0.3, -0.25) is 4.79 Å². The second kappa shape index (κ2) is 6.26. The fourth-order valence-electron chi connectivity index (χ4n) is 2.14. The average molecular weight is 332 g/mol. The van der Waals surface area contributed by atoms with Crippen molar-refractivity contribution in [2.24, 2.45) is 0 Å². The quantitative estimate of drug-likeness (QED) is 0.791. The lowest BCUT2D eigenvalue weighted by atomic mass is 10.2. The molecule has 1 aromatic carbocycles. The second-order valence-electron chi connectivity index (χ2n) is 4.96. The first kappa shape index (κ1) is 15.3. The molecule has 118 valence electrons. The van der Waals surface area contributed by atoms with E-state index in [1.165, 1.54) is 6.33 Å². The van der Waals surface area contributed by atoms with E-state index in [1.54, 1.807) is 24.3 Å². The Balaban J connectivity index is 1.74. The molecular weight excluding hydrogens is 318 g/mol. The number of hydrogen-bond acceptors (Lipinski definition) is 5. The minimum atomic E-state index is -0.331. The van der Waals surface area contributed by atoms with Crippen LogP contribution in [-0.4, -0.2) is 22.5 Å². The largest absolute Gasteiger partial charge is 0.467 e. The minimum absolute atomic E-state index is 0.193. The normalized spacial score (nSPS) is 10.7.